The highest BCUT2D eigenvalue weighted by atomic mass is 35.5. The highest BCUT2D eigenvalue weighted by Gasteiger charge is 2.40. The molecule has 1 aliphatic heterocycles. The lowest BCUT2D eigenvalue weighted by atomic mass is 10.1. The minimum absolute atomic E-state index is 0.0480. The van der Waals surface area contributed by atoms with Crippen LogP contribution in [0.2, 0.25) is 5.02 Å². The number of amides is 1. The van der Waals surface area contributed by atoms with Crippen LogP contribution in [0.5, 0.6) is 5.75 Å². The van der Waals surface area contributed by atoms with Crippen molar-refractivity contribution in [2.45, 2.75) is 30.7 Å². The summed E-state index contributed by atoms with van der Waals surface area (Å²) < 4.78 is 0. The molecule has 7 nitrogen and oxygen atoms in total. The standard InChI is InChI=1S/C14H19ClN2O5/c15-8-3-7(1-2-11(8)19)4-12(20)16-5-9-13(21)14(22)10(6-18)17-9/h1-3,9-10,13-14,17-19,21-22H,4-6H2,(H,16,20)/t9-,10+,13+,14-/m0/s1. The number of halogens is 1. The van der Waals surface area contributed by atoms with Crippen LogP contribution in [0.25, 0.3) is 0 Å². The van der Waals surface area contributed by atoms with Crippen LogP contribution in [0.1, 0.15) is 5.56 Å². The summed E-state index contributed by atoms with van der Waals surface area (Å²) in [6, 6.07) is 3.38. The summed E-state index contributed by atoms with van der Waals surface area (Å²) >= 11 is 5.77. The Bertz CT molecular complexity index is 542. The first-order chi connectivity index (χ1) is 10.4. The van der Waals surface area contributed by atoms with E-state index < -0.39 is 24.3 Å². The van der Waals surface area contributed by atoms with Crippen molar-refractivity contribution in [1.82, 2.24) is 10.6 Å². The molecule has 0 spiro atoms. The molecule has 1 aliphatic rings. The number of hydrogen-bond donors (Lipinski definition) is 6. The number of aliphatic hydroxyl groups excluding tert-OH is 3. The summed E-state index contributed by atoms with van der Waals surface area (Å²) in [6.07, 6.45) is -2.04. The normalized spacial score (nSPS) is 27.8. The number of aromatic hydroxyl groups is 1. The Balaban J connectivity index is 1.84. The predicted molar refractivity (Wildman–Crippen MR) is 79.6 cm³/mol. The molecule has 22 heavy (non-hydrogen) atoms. The van der Waals surface area contributed by atoms with Crippen LogP contribution in [0, 0.1) is 0 Å². The minimum Gasteiger partial charge on any atom is -0.506 e. The maximum Gasteiger partial charge on any atom is 0.224 e. The van der Waals surface area contributed by atoms with E-state index in [0.29, 0.717) is 5.56 Å². The van der Waals surface area contributed by atoms with Crippen LogP contribution >= 0.6 is 11.6 Å². The number of carbonyl (C=O) groups excluding carboxylic acids is 1. The SMILES string of the molecule is O=C(Cc1ccc(O)c(Cl)c1)NC[C@@H]1N[C@H](CO)[C@H](O)[C@@H]1O. The Hall–Kier alpha value is -1.38. The van der Waals surface area contributed by atoms with E-state index >= 15 is 0 Å². The molecule has 0 aliphatic carbocycles. The Morgan fingerprint density at radius 2 is 1.95 bits per heavy atom. The average Bonchev–Trinajstić information content (AvgIpc) is 2.76. The van der Waals surface area contributed by atoms with Crippen LogP contribution in [-0.2, 0) is 11.2 Å². The van der Waals surface area contributed by atoms with E-state index in [2.05, 4.69) is 10.6 Å². The molecule has 2 rings (SSSR count). The van der Waals surface area contributed by atoms with Crippen LogP contribution in [0.3, 0.4) is 0 Å². The molecule has 1 saturated heterocycles. The Kier molecular flexibility index (Phi) is 5.60. The zero-order chi connectivity index (χ0) is 16.3. The third-order valence-corrected chi connectivity index (χ3v) is 4.00. The number of phenolic OH excluding ortho intramolecular Hbond substituents is 1. The second kappa shape index (κ2) is 7.26. The first kappa shape index (κ1) is 17.0. The lowest BCUT2D eigenvalue weighted by Crippen LogP contribution is -2.44. The molecular weight excluding hydrogens is 312 g/mol. The van der Waals surface area contributed by atoms with Crippen molar-refractivity contribution in [3.8, 4) is 5.75 Å². The highest BCUT2D eigenvalue weighted by Crippen LogP contribution is 2.23. The number of hydrogen-bond acceptors (Lipinski definition) is 6. The molecule has 1 amide bonds. The molecule has 1 fully saturated rings. The van der Waals surface area contributed by atoms with Gasteiger partial charge >= 0.3 is 0 Å². The highest BCUT2D eigenvalue weighted by molar-refractivity contribution is 6.32. The molecule has 1 aromatic rings. The molecule has 0 radical (unpaired) electrons. The minimum atomic E-state index is -1.07. The summed E-state index contributed by atoms with van der Waals surface area (Å²) in [6.45, 7) is -0.173. The fourth-order valence-corrected chi connectivity index (χ4v) is 2.62. The van der Waals surface area contributed by atoms with Crippen molar-refractivity contribution in [3.63, 3.8) is 0 Å². The van der Waals surface area contributed by atoms with Crippen molar-refractivity contribution in [3.05, 3.63) is 28.8 Å². The zero-order valence-electron chi connectivity index (χ0n) is 11.7. The summed E-state index contributed by atoms with van der Waals surface area (Å²) in [5.74, 6) is -0.328. The van der Waals surface area contributed by atoms with Crippen molar-refractivity contribution in [2.75, 3.05) is 13.2 Å². The van der Waals surface area contributed by atoms with E-state index in [1.54, 1.807) is 6.07 Å². The lowest BCUT2D eigenvalue weighted by molar-refractivity contribution is -0.120. The number of benzene rings is 1. The largest absolute Gasteiger partial charge is 0.506 e. The number of rotatable bonds is 5. The Morgan fingerprint density at radius 3 is 2.55 bits per heavy atom. The van der Waals surface area contributed by atoms with Crippen LogP contribution in [0.4, 0.5) is 0 Å². The van der Waals surface area contributed by atoms with Gasteiger partial charge in [0.05, 0.1) is 42.3 Å². The molecule has 8 heteroatoms. The second-order valence-corrected chi connectivity index (χ2v) is 5.72. The maximum atomic E-state index is 11.9. The van der Waals surface area contributed by atoms with E-state index in [9.17, 15) is 20.1 Å². The van der Waals surface area contributed by atoms with Crippen LogP contribution < -0.4 is 10.6 Å². The van der Waals surface area contributed by atoms with Gasteiger partial charge < -0.3 is 31.1 Å². The summed E-state index contributed by atoms with van der Waals surface area (Å²) in [5.41, 5.74) is 0.647. The molecule has 1 aromatic carbocycles. The smallest absolute Gasteiger partial charge is 0.224 e. The topological polar surface area (TPSA) is 122 Å². The summed E-state index contributed by atoms with van der Waals surface area (Å²) in [4.78, 5) is 11.9. The van der Waals surface area contributed by atoms with Gasteiger partial charge in [-0.2, -0.15) is 0 Å². The molecular formula is C14H19ClN2O5. The third-order valence-electron chi connectivity index (χ3n) is 3.70. The fraction of sp³-hybridized carbons (Fsp3) is 0.500. The number of aliphatic hydroxyl groups is 3. The van der Waals surface area contributed by atoms with Crippen molar-refractivity contribution < 1.29 is 25.2 Å². The Morgan fingerprint density at radius 1 is 1.27 bits per heavy atom. The van der Waals surface area contributed by atoms with Gasteiger partial charge in [-0.05, 0) is 17.7 Å². The van der Waals surface area contributed by atoms with Crippen molar-refractivity contribution >= 4 is 17.5 Å². The molecule has 0 bridgehead atoms. The van der Waals surface area contributed by atoms with Gasteiger partial charge in [-0.1, -0.05) is 17.7 Å². The van der Waals surface area contributed by atoms with E-state index in [1.165, 1.54) is 12.1 Å². The average molecular weight is 331 g/mol. The summed E-state index contributed by atoms with van der Waals surface area (Å²) in [7, 11) is 0. The number of phenols is 1. The van der Waals surface area contributed by atoms with Crippen molar-refractivity contribution in [2.24, 2.45) is 0 Å². The van der Waals surface area contributed by atoms with Gasteiger partial charge in [-0.25, -0.2) is 0 Å². The van der Waals surface area contributed by atoms with Gasteiger partial charge in [0.1, 0.15) is 5.75 Å². The predicted octanol–water partition coefficient (Wildman–Crippen LogP) is -1.24. The molecule has 4 atom stereocenters. The monoisotopic (exact) mass is 330 g/mol. The van der Waals surface area contributed by atoms with E-state index in [-0.39, 0.29) is 36.3 Å². The maximum absolute atomic E-state index is 11.9. The summed E-state index contributed by atoms with van der Waals surface area (Å²) in [5, 5.41) is 43.5. The van der Waals surface area contributed by atoms with Gasteiger partial charge in [0.2, 0.25) is 5.91 Å². The second-order valence-electron chi connectivity index (χ2n) is 5.31. The number of carbonyl (C=O) groups is 1. The molecule has 122 valence electrons. The third kappa shape index (κ3) is 3.88. The van der Waals surface area contributed by atoms with Gasteiger partial charge in [0.15, 0.2) is 0 Å². The van der Waals surface area contributed by atoms with Crippen LogP contribution in [0.15, 0.2) is 18.2 Å². The van der Waals surface area contributed by atoms with Gasteiger partial charge in [0, 0.05) is 6.54 Å². The molecule has 0 saturated carbocycles. The van der Waals surface area contributed by atoms with Crippen LogP contribution in [-0.4, -0.2) is 63.8 Å². The van der Waals surface area contributed by atoms with Gasteiger partial charge in [0.25, 0.3) is 0 Å². The fourth-order valence-electron chi connectivity index (χ4n) is 2.42. The van der Waals surface area contributed by atoms with E-state index in [1.807, 2.05) is 0 Å². The first-order valence-electron chi connectivity index (χ1n) is 6.89. The lowest BCUT2D eigenvalue weighted by Gasteiger charge is -2.16. The number of nitrogens with one attached hydrogen (secondary N) is 2. The molecule has 0 aromatic heterocycles. The van der Waals surface area contributed by atoms with E-state index in [0.717, 1.165) is 0 Å². The molecule has 0 unspecified atom stereocenters. The Labute approximate surface area is 132 Å². The van der Waals surface area contributed by atoms with Gasteiger partial charge in [-0.15, -0.1) is 0 Å². The quantitative estimate of drug-likeness (QED) is 0.401. The first-order valence-corrected chi connectivity index (χ1v) is 7.27. The zero-order valence-corrected chi connectivity index (χ0v) is 12.5. The van der Waals surface area contributed by atoms with E-state index in [4.69, 9.17) is 16.7 Å². The molecule has 1 heterocycles. The molecule has 6 N–H and O–H groups in total. The van der Waals surface area contributed by atoms with Crippen molar-refractivity contribution in [1.29, 1.82) is 0 Å². The van der Waals surface area contributed by atoms with Gasteiger partial charge in [-0.3, -0.25) is 4.79 Å².